The highest BCUT2D eigenvalue weighted by molar-refractivity contribution is 4.74. The molecule has 77 valence electrons. The van der Waals surface area contributed by atoms with E-state index in [1.54, 1.807) is 0 Å². The molecule has 0 amide bonds. The molecule has 2 heteroatoms. The minimum absolute atomic E-state index is 0.109. The summed E-state index contributed by atoms with van der Waals surface area (Å²) in [5, 5.41) is 10.4. The van der Waals surface area contributed by atoms with Crippen molar-refractivity contribution in [2.45, 2.75) is 45.6 Å². The van der Waals surface area contributed by atoms with Crippen molar-refractivity contribution in [1.29, 1.82) is 0 Å². The molecule has 1 fully saturated rings. The van der Waals surface area contributed by atoms with E-state index in [4.69, 9.17) is 0 Å². The number of hydrogen-bond acceptors (Lipinski definition) is 1. The first-order valence-corrected chi connectivity index (χ1v) is 5.56. The lowest BCUT2D eigenvalue weighted by molar-refractivity contribution is 0.122. The van der Waals surface area contributed by atoms with Gasteiger partial charge in [-0.25, -0.2) is 5.11 Å². The summed E-state index contributed by atoms with van der Waals surface area (Å²) in [6, 6.07) is 0.676. The summed E-state index contributed by atoms with van der Waals surface area (Å²) in [5.74, 6) is 0.796. The number of likely N-dealkylation sites (tertiary alicyclic amines) is 1. The summed E-state index contributed by atoms with van der Waals surface area (Å²) >= 11 is 0. The molecule has 0 saturated carbocycles. The van der Waals surface area contributed by atoms with Gasteiger partial charge >= 0.3 is 0 Å². The molecule has 0 N–H and O–H groups in total. The van der Waals surface area contributed by atoms with Crippen LogP contribution in [0.5, 0.6) is 0 Å². The zero-order valence-electron chi connectivity index (χ0n) is 8.96. The van der Waals surface area contributed by atoms with Crippen LogP contribution < -0.4 is 0 Å². The van der Waals surface area contributed by atoms with E-state index in [0.29, 0.717) is 6.04 Å². The molecular weight excluding hydrogens is 162 g/mol. The van der Waals surface area contributed by atoms with Crippen molar-refractivity contribution in [3.05, 3.63) is 0 Å². The van der Waals surface area contributed by atoms with Crippen LogP contribution in [0, 0.1) is 5.92 Å². The zero-order chi connectivity index (χ0) is 9.68. The number of nitrogens with zero attached hydrogens (tertiary/aromatic N) is 1. The third-order valence-electron chi connectivity index (χ3n) is 3.04. The molecule has 1 atom stereocenters. The van der Waals surface area contributed by atoms with Gasteiger partial charge in [-0.2, -0.15) is 0 Å². The van der Waals surface area contributed by atoms with Gasteiger partial charge in [0.2, 0.25) is 0 Å². The predicted octanol–water partition coefficient (Wildman–Crippen LogP) is 2.32. The normalized spacial score (nSPS) is 25.4. The Morgan fingerprint density at radius 3 is 2.85 bits per heavy atom. The van der Waals surface area contributed by atoms with E-state index in [0.717, 1.165) is 18.8 Å². The van der Waals surface area contributed by atoms with Crippen molar-refractivity contribution in [2.24, 2.45) is 5.92 Å². The molecule has 0 aromatic heterocycles. The van der Waals surface area contributed by atoms with Gasteiger partial charge in [-0.15, -0.1) is 0 Å². The topological polar surface area (TPSA) is 23.1 Å². The molecule has 1 unspecified atom stereocenters. The summed E-state index contributed by atoms with van der Waals surface area (Å²) in [6.45, 7) is 7.10. The highest BCUT2D eigenvalue weighted by atomic mass is 16.2. The van der Waals surface area contributed by atoms with Crippen LogP contribution in [0.15, 0.2) is 0 Å². The standard InChI is InChI=1S/C11H22NO/c1-10(2)12-7-3-5-11(9-12)6-4-8-13/h10-11H,3-9H2,1-2H3. The maximum Gasteiger partial charge on any atom is 0.0822 e. The largest absolute Gasteiger partial charge is 0.301 e. The van der Waals surface area contributed by atoms with Crippen molar-refractivity contribution < 1.29 is 5.11 Å². The van der Waals surface area contributed by atoms with Gasteiger partial charge in [0, 0.05) is 12.6 Å². The molecule has 1 saturated heterocycles. The predicted molar refractivity (Wildman–Crippen MR) is 54.2 cm³/mol. The van der Waals surface area contributed by atoms with Gasteiger partial charge in [-0.3, -0.25) is 0 Å². The highest BCUT2D eigenvalue weighted by Crippen LogP contribution is 2.21. The first kappa shape index (κ1) is 11.0. The van der Waals surface area contributed by atoms with Gasteiger partial charge in [0.25, 0.3) is 0 Å². The second-order valence-electron chi connectivity index (χ2n) is 4.44. The van der Waals surface area contributed by atoms with Crippen LogP contribution in [-0.4, -0.2) is 30.6 Å². The molecule has 0 spiro atoms. The van der Waals surface area contributed by atoms with Crippen LogP contribution in [0.2, 0.25) is 0 Å². The summed E-state index contributed by atoms with van der Waals surface area (Å²) < 4.78 is 0. The molecule has 1 aliphatic rings. The van der Waals surface area contributed by atoms with E-state index in [9.17, 15) is 5.11 Å². The maximum atomic E-state index is 10.4. The molecule has 0 aliphatic carbocycles. The van der Waals surface area contributed by atoms with Crippen LogP contribution in [-0.2, 0) is 5.11 Å². The Morgan fingerprint density at radius 1 is 1.46 bits per heavy atom. The zero-order valence-corrected chi connectivity index (χ0v) is 8.96. The molecule has 13 heavy (non-hydrogen) atoms. The number of hydrogen-bond donors (Lipinski definition) is 0. The van der Waals surface area contributed by atoms with E-state index < -0.39 is 0 Å². The smallest absolute Gasteiger partial charge is 0.0822 e. The molecule has 0 bridgehead atoms. The second kappa shape index (κ2) is 5.61. The van der Waals surface area contributed by atoms with Crippen LogP contribution in [0.25, 0.3) is 0 Å². The van der Waals surface area contributed by atoms with Gasteiger partial charge in [0.1, 0.15) is 0 Å². The van der Waals surface area contributed by atoms with E-state index in [-0.39, 0.29) is 6.61 Å². The van der Waals surface area contributed by atoms with Crippen LogP contribution in [0.1, 0.15) is 39.5 Å². The lowest BCUT2D eigenvalue weighted by atomic mass is 9.93. The molecule has 1 heterocycles. The fourth-order valence-electron chi connectivity index (χ4n) is 2.17. The first-order chi connectivity index (χ1) is 6.24. The van der Waals surface area contributed by atoms with E-state index in [1.165, 1.54) is 25.9 Å². The summed E-state index contributed by atoms with van der Waals surface area (Å²) in [4.78, 5) is 2.54. The molecule has 1 radical (unpaired) electrons. The van der Waals surface area contributed by atoms with Gasteiger partial charge < -0.3 is 4.90 Å². The third kappa shape index (κ3) is 3.65. The summed E-state index contributed by atoms with van der Waals surface area (Å²) in [5.41, 5.74) is 0. The third-order valence-corrected chi connectivity index (χ3v) is 3.04. The molecule has 0 aromatic rings. The quantitative estimate of drug-likeness (QED) is 0.657. The maximum absolute atomic E-state index is 10.4. The Morgan fingerprint density at radius 2 is 2.23 bits per heavy atom. The van der Waals surface area contributed by atoms with E-state index in [2.05, 4.69) is 18.7 Å². The molecule has 1 aliphatic heterocycles. The highest BCUT2D eigenvalue weighted by Gasteiger charge is 2.20. The van der Waals surface area contributed by atoms with Crippen molar-refractivity contribution in [2.75, 3.05) is 19.7 Å². The lowest BCUT2D eigenvalue weighted by Gasteiger charge is -2.35. The molecular formula is C11H22NO. The summed E-state index contributed by atoms with van der Waals surface area (Å²) in [6.07, 6.45) is 4.67. The first-order valence-electron chi connectivity index (χ1n) is 5.56. The van der Waals surface area contributed by atoms with Crippen molar-refractivity contribution >= 4 is 0 Å². The van der Waals surface area contributed by atoms with Crippen LogP contribution in [0.3, 0.4) is 0 Å². The van der Waals surface area contributed by atoms with E-state index in [1.807, 2.05) is 0 Å². The number of rotatable bonds is 4. The van der Waals surface area contributed by atoms with Gasteiger partial charge in [-0.05, 0) is 52.0 Å². The number of piperidine rings is 1. The van der Waals surface area contributed by atoms with Gasteiger partial charge in [0.05, 0.1) is 6.61 Å². The van der Waals surface area contributed by atoms with E-state index >= 15 is 0 Å². The minimum atomic E-state index is 0.109. The Hall–Kier alpha value is -0.0800. The lowest BCUT2D eigenvalue weighted by Crippen LogP contribution is -2.39. The minimum Gasteiger partial charge on any atom is -0.301 e. The van der Waals surface area contributed by atoms with Crippen LogP contribution >= 0.6 is 0 Å². The monoisotopic (exact) mass is 184 g/mol. The Bertz CT molecular complexity index is 136. The fourth-order valence-corrected chi connectivity index (χ4v) is 2.17. The molecule has 1 rings (SSSR count). The van der Waals surface area contributed by atoms with Crippen molar-refractivity contribution in [3.63, 3.8) is 0 Å². The van der Waals surface area contributed by atoms with Gasteiger partial charge in [-0.1, -0.05) is 0 Å². The van der Waals surface area contributed by atoms with Crippen molar-refractivity contribution in [1.82, 2.24) is 4.90 Å². The molecule has 0 aromatic carbocycles. The van der Waals surface area contributed by atoms with Crippen LogP contribution in [0.4, 0.5) is 0 Å². The second-order valence-corrected chi connectivity index (χ2v) is 4.44. The SMILES string of the molecule is CC(C)N1CCCC(CCC[O])C1. The Kier molecular flexibility index (Phi) is 4.74. The van der Waals surface area contributed by atoms with Gasteiger partial charge in [0.15, 0.2) is 0 Å². The van der Waals surface area contributed by atoms with Crippen molar-refractivity contribution in [3.8, 4) is 0 Å². The Balaban J connectivity index is 2.25. The molecule has 2 nitrogen and oxygen atoms in total. The average Bonchev–Trinajstić information content (AvgIpc) is 2.15. The average molecular weight is 184 g/mol. The fraction of sp³-hybridized carbons (Fsp3) is 1.00. The Labute approximate surface area is 81.9 Å². The summed E-state index contributed by atoms with van der Waals surface area (Å²) in [7, 11) is 0.